The van der Waals surface area contributed by atoms with Crippen molar-refractivity contribution in [1.29, 1.82) is 0 Å². The summed E-state index contributed by atoms with van der Waals surface area (Å²) in [5.74, 6) is 0.605. The Bertz CT molecular complexity index is 491. The Morgan fingerprint density at radius 3 is 2.48 bits per heavy atom. The highest BCUT2D eigenvalue weighted by atomic mass is 16.5. The number of hydrogen-bond donors (Lipinski definition) is 1. The maximum Gasteiger partial charge on any atom is 0.329 e. The Kier molecular flexibility index (Phi) is 4.88. The number of rotatable bonds is 7. The molecule has 116 valence electrons. The first-order valence-corrected chi connectivity index (χ1v) is 7.60. The summed E-state index contributed by atoms with van der Waals surface area (Å²) in [7, 11) is 0. The van der Waals surface area contributed by atoms with Crippen LogP contribution in [0, 0.1) is 13.8 Å². The third-order valence-corrected chi connectivity index (χ3v) is 3.74. The van der Waals surface area contributed by atoms with Gasteiger partial charge in [0, 0.05) is 6.04 Å². The molecule has 0 spiro atoms. The van der Waals surface area contributed by atoms with Crippen molar-refractivity contribution in [2.45, 2.75) is 52.1 Å². The average molecular weight is 291 g/mol. The predicted molar refractivity (Wildman–Crippen MR) is 82.6 cm³/mol. The number of benzene rings is 1. The lowest BCUT2D eigenvalue weighted by Gasteiger charge is -2.29. The van der Waals surface area contributed by atoms with Crippen LogP contribution in [0.3, 0.4) is 0 Å². The van der Waals surface area contributed by atoms with Crippen LogP contribution in [0.1, 0.15) is 37.8 Å². The summed E-state index contributed by atoms with van der Waals surface area (Å²) in [5.41, 5.74) is 1.35. The molecule has 21 heavy (non-hydrogen) atoms. The van der Waals surface area contributed by atoms with E-state index in [-0.39, 0.29) is 12.6 Å². The lowest BCUT2D eigenvalue weighted by atomic mass is 10.0. The van der Waals surface area contributed by atoms with Crippen molar-refractivity contribution < 1.29 is 14.3 Å². The van der Waals surface area contributed by atoms with Crippen molar-refractivity contribution in [3.05, 3.63) is 29.3 Å². The number of hydrogen-bond acceptors (Lipinski definition) is 4. The van der Waals surface area contributed by atoms with E-state index in [1.807, 2.05) is 45.9 Å². The van der Waals surface area contributed by atoms with E-state index >= 15 is 0 Å². The number of para-hydroxylation sites is 1. The Morgan fingerprint density at radius 1 is 1.33 bits per heavy atom. The highest BCUT2D eigenvalue weighted by molar-refractivity contribution is 5.80. The molecule has 0 radical (unpaired) electrons. The average Bonchev–Trinajstić information content (AvgIpc) is 3.22. The molecule has 1 aromatic carbocycles. The molecule has 2 rings (SSSR count). The molecular weight excluding hydrogens is 266 g/mol. The van der Waals surface area contributed by atoms with Crippen LogP contribution in [0.15, 0.2) is 18.2 Å². The van der Waals surface area contributed by atoms with Crippen LogP contribution in [0.4, 0.5) is 0 Å². The molecule has 1 aliphatic carbocycles. The van der Waals surface area contributed by atoms with E-state index in [4.69, 9.17) is 9.47 Å². The molecule has 1 aromatic rings. The molecule has 1 atom stereocenters. The summed E-state index contributed by atoms with van der Waals surface area (Å²) < 4.78 is 11.2. The topological polar surface area (TPSA) is 47.6 Å². The van der Waals surface area contributed by atoms with E-state index in [1.165, 1.54) is 0 Å². The molecule has 4 nitrogen and oxygen atoms in total. The molecule has 0 aromatic heterocycles. The third-order valence-electron chi connectivity index (χ3n) is 3.74. The van der Waals surface area contributed by atoms with Gasteiger partial charge in [0.05, 0.1) is 6.61 Å². The first-order chi connectivity index (χ1) is 9.96. The van der Waals surface area contributed by atoms with Crippen LogP contribution in [0.5, 0.6) is 5.75 Å². The van der Waals surface area contributed by atoms with Crippen LogP contribution >= 0.6 is 0 Å². The standard InChI is InChI=1S/C17H25NO3/c1-5-20-16(19)17(4,18-14-9-10-14)11-21-15-12(2)7-6-8-13(15)3/h6-8,14,18H,5,9-11H2,1-4H3. The normalized spacial score (nSPS) is 17.1. The lowest BCUT2D eigenvalue weighted by Crippen LogP contribution is -2.55. The zero-order valence-corrected chi connectivity index (χ0v) is 13.4. The van der Waals surface area contributed by atoms with E-state index < -0.39 is 5.54 Å². The van der Waals surface area contributed by atoms with Gasteiger partial charge in [-0.3, -0.25) is 5.32 Å². The van der Waals surface area contributed by atoms with Gasteiger partial charge in [-0.15, -0.1) is 0 Å². The SMILES string of the molecule is CCOC(=O)C(C)(COc1c(C)cccc1C)NC1CC1. The van der Waals surface area contributed by atoms with Crippen molar-refractivity contribution in [2.24, 2.45) is 0 Å². The van der Waals surface area contributed by atoms with Crippen LogP contribution < -0.4 is 10.1 Å². The molecule has 1 saturated carbocycles. The van der Waals surface area contributed by atoms with E-state index in [9.17, 15) is 4.79 Å². The monoisotopic (exact) mass is 291 g/mol. The number of carbonyl (C=O) groups excluding carboxylic acids is 1. The molecule has 0 saturated heterocycles. The Hall–Kier alpha value is -1.55. The molecular formula is C17H25NO3. The Balaban J connectivity index is 2.09. The minimum atomic E-state index is -0.800. The van der Waals surface area contributed by atoms with Gasteiger partial charge < -0.3 is 9.47 Å². The Labute approximate surface area is 126 Å². The minimum Gasteiger partial charge on any atom is -0.490 e. The number of carbonyl (C=O) groups is 1. The third kappa shape index (κ3) is 3.97. The van der Waals surface area contributed by atoms with Gasteiger partial charge >= 0.3 is 5.97 Å². The second-order valence-electron chi connectivity index (χ2n) is 5.98. The predicted octanol–water partition coefficient (Wildman–Crippen LogP) is 2.76. The number of ether oxygens (including phenoxy) is 2. The fourth-order valence-electron chi connectivity index (χ4n) is 2.37. The minimum absolute atomic E-state index is 0.247. The first kappa shape index (κ1) is 15.8. The fourth-order valence-corrected chi connectivity index (χ4v) is 2.37. The van der Waals surface area contributed by atoms with Crippen LogP contribution in [0.2, 0.25) is 0 Å². The molecule has 1 aliphatic rings. The van der Waals surface area contributed by atoms with Crippen molar-refractivity contribution in [3.8, 4) is 5.75 Å². The molecule has 0 amide bonds. The van der Waals surface area contributed by atoms with Crippen molar-refractivity contribution in [1.82, 2.24) is 5.32 Å². The van der Waals surface area contributed by atoms with Crippen LogP contribution in [0.25, 0.3) is 0 Å². The smallest absolute Gasteiger partial charge is 0.329 e. The summed E-state index contributed by atoms with van der Waals surface area (Å²) in [6.45, 7) is 8.35. The summed E-state index contributed by atoms with van der Waals surface area (Å²) in [4.78, 5) is 12.3. The maximum absolute atomic E-state index is 12.3. The molecule has 1 N–H and O–H groups in total. The van der Waals surface area contributed by atoms with Gasteiger partial charge in [0.15, 0.2) is 0 Å². The van der Waals surface area contributed by atoms with Gasteiger partial charge in [0.1, 0.15) is 17.9 Å². The van der Waals surface area contributed by atoms with Crippen molar-refractivity contribution >= 4 is 5.97 Å². The molecule has 0 heterocycles. The van der Waals surface area contributed by atoms with E-state index in [1.54, 1.807) is 0 Å². The highest BCUT2D eigenvalue weighted by Crippen LogP contribution is 2.26. The molecule has 1 unspecified atom stereocenters. The van der Waals surface area contributed by atoms with Gasteiger partial charge in [0.2, 0.25) is 0 Å². The van der Waals surface area contributed by atoms with Gasteiger partial charge in [-0.05, 0) is 51.7 Å². The summed E-state index contributed by atoms with van der Waals surface area (Å²) >= 11 is 0. The van der Waals surface area contributed by atoms with E-state index in [0.717, 1.165) is 29.7 Å². The molecule has 0 bridgehead atoms. The van der Waals surface area contributed by atoms with Gasteiger partial charge in [-0.25, -0.2) is 4.79 Å². The Morgan fingerprint density at radius 2 is 1.95 bits per heavy atom. The number of esters is 1. The zero-order chi connectivity index (χ0) is 15.5. The zero-order valence-electron chi connectivity index (χ0n) is 13.4. The second-order valence-corrected chi connectivity index (χ2v) is 5.98. The summed E-state index contributed by atoms with van der Waals surface area (Å²) in [5, 5.41) is 3.36. The van der Waals surface area contributed by atoms with Crippen LogP contribution in [-0.4, -0.2) is 30.8 Å². The number of nitrogens with one attached hydrogen (secondary N) is 1. The molecule has 0 aliphatic heterocycles. The largest absolute Gasteiger partial charge is 0.490 e. The highest BCUT2D eigenvalue weighted by Gasteiger charge is 2.40. The van der Waals surface area contributed by atoms with E-state index in [2.05, 4.69) is 5.32 Å². The van der Waals surface area contributed by atoms with Gasteiger partial charge in [0.25, 0.3) is 0 Å². The van der Waals surface area contributed by atoms with Gasteiger partial charge in [-0.2, -0.15) is 0 Å². The maximum atomic E-state index is 12.3. The first-order valence-electron chi connectivity index (χ1n) is 7.60. The lowest BCUT2D eigenvalue weighted by molar-refractivity contribution is -0.152. The second kappa shape index (κ2) is 6.48. The quantitative estimate of drug-likeness (QED) is 0.785. The van der Waals surface area contributed by atoms with Crippen LogP contribution in [-0.2, 0) is 9.53 Å². The van der Waals surface area contributed by atoms with Crippen molar-refractivity contribution in [3.63, 3.8) is 0 Å². The van der Waals surface area contributed by atoms with Crippen molar-refractivity contribution in [2.75, 3.05) is 13.2 Å². The van der Waals surface area contributed by atoms with E-state index in [0.29, 0.717) is 12.6 Å². The summed E-state index contributed by atoms with van der Waals surface area (Å²) in [6.07, 6.45) is 2.22. The summed E-state index contributed by atoms with van der Waals surface area (Å²) in [6, 6.07) is 6.43. The number of aryl methyl sites for hydroxylation is 2. The molecule has 1 fully saturated rings. The molecule has 4 heteroatoms. The fraction of sp³-hybridized carbons (Fsp3) is 0.588. The van der Waals surface area contributed by atoms with Gasteiger partial charge in [-0.1, -0.05) is 18.2 Å².